The minimum absolute atomic E-state index is 0. The summed E-state index contributed by atoms with van der Waals surface area (Å²) in [7, 11) is 0. The molecule has 0 nitrogen and oxygen atoms in total. The number of halogens is 1. The van der Waals surface area contributed by atoms with Crippen molar-refractivity contribution in [1.82, 2.24) is 0 Å². The third-order valence-electron chi connectivity index (χ3n) is 1.18. The maximum Gasteiger partial charge on any atom is 2.00 e. The topological polar surface area (TPSA) is 0 Å². The largest absolute Gasteiger partial charge is 2.00 e. The van der Waals surface area contributed by atoms with Crippen molar-refractivity contribution in [2.75, 3.05) is 0 Å². The zero-order valence-electron chi connectivity index (χ0n) is 7.43. The Morgan fingerprint density at radius 1 is 1.00 bits per heavy atom. The second kappa shape index (κ2) is 10.4. The second-order valence-corrected chi connectivity index (χ2v) is 2.98. The third kappa shape index (κ3) is 8.62. The van der Waals surface area contributed by atoms with E-state index < -0.39 is 0 Å². The van der Waals surface area contributed by atoms with Crippen LogP contribution in [0.5, 0.6) is 0 Å². The molecule has 0 amide bonds. The molecule has 2 aromatic carbocycles. The molecule has 2 aromatic rings. The number of rotatable bonds is 0. The van der Waals surface area contributed by atoms with Crippen molar-refractivity contribution in [2.24, 2.45) is 0 Å². The molecule has 0 aliphatic rings. The van der Waals surface area contributed by atoms with E-state index >= 15 is 0 Å². The minimum Gasteiger partial charge on any atom is -0.214 e. The molecule has 0 heterocycles. The molecule has 0 radical (unpaired) electrons. The van der Waals surface area contributed by atoms with Crippen LogP contribution < -0.4 is 18.9 Å². The summed E-state index contributed by atoms with van der Waals surface area (Å²) in [4.78, 5) is 0. The van der Waals surface area contributed by atoms with E-state index in [0.29, 0.717) is 0 Å². The van der Waals surface area contributed by atoms with Crippen molar-refractivity contribution in [2.45, 2.75) is 0 Å². The summed E-state index contributed by atoms with van der Waals surface area (Å²) in [5, 5.41) is 0. The first kappa shape index (κ1) is 15.8. The van der Waals surface area contributed by atoms with Gasteiger partial charge in [-0.15, -0.1) is 4.47 Å². The first-order valence-electron chi connectivity index (χ1n) is 3.43. The molecule has 0 spiro atoms. The molecule has 0 N–H and O–H groups in total. The van der Waals surface area contributed by atoms with Gasteiger partial charge in [-0.05, 0) is 0 Å². The van der Waals surface area contributed by atoms with Crippen LogP contribution in [0.25, 0.3) is 0 Å². The van der Waals surface area contributed by atoms with Gasteiger partial charge < -0.3 is 0 Å². The van der Waals surface area contributed by atoms with Crippen LogP contribution >= 0.6 is 15.9 Å². The van der Waals surface area contributed by atoms with Gasteiger partial charge in [-0.3, -0.25) is 0 Å². The van der Waals surface area contributed by atoms with E-state index in [4.69, 9.17) is 0 Å². The number of hydrogen-bond acceptors (Lipinski definition) is 0. The summed E-state index contributed by atoms with van der Waals surface area (Å²) in [5.41, 5.74) is 0. The van der Waals surface area contributed by atoms with Crippen molar-refractivity contribution >= 4 is 15.9 Å². The molecule has 0 bridgehead atoms. The van der Waals surface area contributed by atoms with Gasteiger partial charge in [0.05, 0.1) is 0 Å². The summed E-state index contributed by atoms with van der Waals surface area (Å²) in [5.74, 6) is 0. The molecule has 3 heteroatoms. The van der Waals surface area contributed by atoms with Crippen LogP contribution in [0.3, 0.4) is 0 Å². The van der Waals surface area contributed by atoms with Gasteiger partial charge in [-0.25, -0.2) is 18.2 Å². The van der Waals surface area contributed by atoms with Crippen LogP contribution in [0.2, 0.25) is 0 Å². The van der Waals surface area contributed by atoms with Gasteiger partial charge in [0, 0.05) is 0 Å². The molecule has 0 aliphatic carbocycles. The van der Waals surface area contributed by atoms with Crippen LogP contribution in [0.4, 0.5) is 0 Å². The smallest absolute Gasteiger partial charge is 0.214 e. The fourth-order valence-electron chi connectivity index (χ4n) is 0.671. The summed E-state index contributed by atoms with van der Waals surface area (Å²) in [6.07, 6.45) is 0. The van der Waals surface area contributed by atoms with E-state index in [2.05, 4.69) is 15.9 Å². The zero-order valence-corrected chi connectivity index (χ0v) is 10.1. The van der Waals surface area contributed by atoms with E-state index in [0.717, 1.165) is 4.47 Å². The molecule has 2 rings (SSSR count). The molecule has 0 saturated heterocycles. The van der Waals surface area contributed by atoms with Gasteiger partial charge in [0.15, 0.2) is 0 Å². The summed E-state index contributed by atoms with van der Waals surface area (Å²) in [6, 6.07) is 18.0. The van der Waals surface area contributed by atoms with Gasteiger partial charge >= 0.3 is 35.9 Å². The predicted octanol–water partition coefficient (Wildman–Crippen LogP) is 0.575. The van der Waals surface area contributed by atoms with Crippen molar-refractivity contribution in [3.63, 3.8) is 0 Å². The first-order valence-corrected chi connectivity index (χ1v) is 4.23. The number of hydrogen-bond donors (Lipinski definition) is 0. The van der Waals surface area contributed by atoms with E-state index in [1.165, 1.54) is 0 Å². The monoisotopic (exact) mass is 271 g/mol. The maximum atomic E-state index is 3.28. The van der Waals surface area contributed by atoms with Crippen molar-refractivity contribution in [1.29, 1.82) is 0 Å². The minimum atomic E-state index is 0. The van der Waals surface area contributed by atoms with Crippen molar-refractivity contribution in [3.05, 3.63) is 59.1 Å². The molecule has 0 aromatic heterocycles. The van der Waals surface area contributed by atoms with Crippen molar-refractivity contribution < 1.29 is 35.9 Å². The van der Waals surface area contributed by atoms with Gasteiger partial charge in [0.2, 0.25) is 0 Å². The Hall–Kier alpha value is 0.297. The molecule has 0 atom stereocenters. The average molecular weight is 272 g/mol. The summed E-state index contributed by atoms with van der Waals surface area (Å²) < 4.78 is 1.16. The maximum absolute atomic E-state index is 3.28. The third-order valence-corrected chi connectivity index (χ3v) is 1.71. The molecule has 64 valence electrons. The molecule has 0 saturated carbocycles. The van der Waals surface area contributed by atoms with Crippen LogP contribution in [0, 0.1) is 0 Å². The van der Waals surface area contributed by atoms with Crippen LogP contribution in [0.15, 0.2) is 59.1 Å². The Kier molecular flexibility index (Phi) is 12.6. The standard InChI is InChI=1S/C5H4Br.C5H5.Fe.Li/c6-5-3-1-2-4-5;1-2-4-5-3-1;;/h1-4H;1-5H;;/q2*-1;+2;+1. The molecular formula is C10H9BrFeLi+. The Morgan fingerprint density at radius 2 is 1.62 bits per heavy atom. The first-order chi connectivity index (χ1) is 5.39. The summed E-state index contributed by atoms with van der Waals surface area (Å²) >= 11 is 3.28. The fraction of sp³-hybridized carbons (Fsp3) is 0. The molecular weight excluding hydrogens is 263 g/mol. The average Bonchev–Trinajstić information content (AvgIpc) is 2.57. The Balaban J connectivity index is 0. The SMILES string of the molecule is Brc1ccc[cH-]1.[Fe+2].[Li+].c1cc[cH-]c1. The van der Waals surface area contributed by atoms with Gasteiger partial charge in [-0.1, -0.05) is 15.9 Å². The predicted molar refractivity (Wildman–Crippen MR) is 51.8 cm³/mol. The van der Waals surface area contributed by atoms with E-state index in [1.54, 1.807) is 0 Å². The van der Waals surface area contributed by atoms with E-state index in [-0.39, 0.29) is 35.9 Å². The van der Waals surface area contributed by atoms with Crippen LogP contribution in [-0.2, 0) is 17.1 Å². The molecule has 0 unspecified atom stereocenters. The zero-order chi connectivity index (χ0) is 7.94. The quantitative estimate of drug-likeness (QED) is 0.486. The normalized spacial score (nSPS) is 7.15. The summed E-state index contributed by atoms with van der Waals surface area (Å²) in [6.45, 7) is 0. The molecule has 0 fully saturated rings. The van der Waals surface area contributed by atoms with Gasteiger partial charge in [0.25, 0.3) is 0 Å². The second-order valence-electron chi connectivity index (χ2n) is 2.07. The molecule has 13 heavy (non-hydrogen) atoms. The van der Waals surface area contributed by atoms with Gasteiger partial charge in [-0.2, -0.15) is 36.4 Å². The van der Waals surface area contributed by atoms with Gasteiger partial charge in [0.1, 0.15) is 0 Å². The Morgan fingerprint density at radius 3 is 1.77 bits per heavy atom. The Bertz CT molecular complexity index is 233. The van der Waals surface area contributed by atoms with Crippen LogP contribution in [0.1, 0.15) is 0 Å². The molecule has 0 aliphatic heterocycles. The van der Waals surface area contributed by atoms with Crippen molar-refractivity contribution in [3.8, 4) is 0 Å². The van der Waals surface area contributed by atoms with E-state index in [1.807, 2.05) is 54.6 Å². The fourth-order valence-corrected chi connectivity index (χ4v) is 0.976. The Labute approximate surface area is 110 Å². The van der Waals surface area contributed by atoms with Crippen LogP contribution in [-0.4, -0.2) is 0 Å². The van der Waals surface area contributed by atoms with E-state index in [9.17, 15) is 0 Å².